The fourth-order valence-corrected chi connectivity index (χ4v) is 1.40. The predicted octanol–water partition coefficient (Wildman–Crippen LogP) is 2.19. The van der Waals surface area contributed by atoms with E-state index in [-0.39, 0.29) is 11.7 Å². The quantitative estimate of drug-likeness (QED) is 0.602. The maximum atomic E-state index is 11.8. The number of rotatable bonds is 5. The maximum Gasteiger partial charge on any atom is 0.337 e. The highest BCUT2D eigenvalue weighted by molar-refractivity contribution is 5.89. The first-order chi connectivity index (χ1) is 8.91. The van der Waals surface area contributed by atoms with Crippen LogP contribution in [0.3, 0.4) is 0 Å². The van der Waals surface area contributed by atoms with Gasteiger partial charge in [-0.3, -0.25) is 9.78 Å². The second-order valence-electron chi connectivity index (χ2n) is 4.22. The summed E-state index contributed by atoms with van der Waals surface area (Å²) in [5, 5.41) is 0. The number of nitrogens with zero attached hydrogens (tertiary/aromatic N) is 1. The van der Waals surface area contributed by atoms with Crippen LogP contribution in [0.5, 0.6) is 0 Å². The standard InChI is InChI=1S/C14H17NO4/c1-9(2)18-14(17)10(3)13(19-11(4)16)12-7-5-6-8-15-12/h5-9,13H,3H2,1-2,4H3. The zero-order chi connectivity index (χ0) is 14.4. The maximum absolute atomic E-state index is 11.8. The second kappa shape index (κ2) is 6.68. The number of hydrogen-bond donors (Lipinski definition) is 0. The number of aromatic nitrogens is 1. The molecule has 1 unspecified atom stereocenters. The SMILES string of the molecule is C=C(C(=O)OC(C)C)C(OC(C)=O)c1ccccn1. The van der Waals surface area contributed by atoms with E-state index in [1.165, 1.54) is 6.92 Å². The van der Waals surface area contributed by atoms with Gasteiger partial charge in [0.25, 0.3) is 0 Å². The van der Waals surface area contributed by atoms with Crippen LogP contribution in [0.15, 0.2) is 36.5 Å². The Labute approximate surface area is 112 Å². The Kier molecular flexibility index (Phi) is 5.23. The van der Waals surface area contributed by atoms with Crippen molar-refractivity contribution in [2.45, 2.75) is 33.0 Å². The molecule has 102 valence electrons. The van der Waals surface area contributed by atoms with Crippen LogP contribution in [0.2, 0.25) is 0 Å². The van der Waals surface area contributed by atoms with Crippen LogP contribution in [-0.2, 0) is 19.1 Å². The van der Waals surface area contributed by atoms with E-state index in [0.29, 0.717) is 5.69 Å². The van der Waals surface area contributed by atoms with Crippen LogP contribution >= 0.6 is 0 Å². The minimum atomic E-state index is -0.926. The van der Waals surface area contributed by atoms with Crippen molar-refractivity contribution in [1.29, 1.82) is 0 Å². The number of carbonyl (C=O) groups is 2. The highest BCUT2D eigenvalue weighted by atomic mass is 16.6. The zero-order valence-electron chi connectivity index (χ0n) is 11.3. The normalized spacial score (nSPS) is 11.8. The van der Waals surface area contributed by atoms with Gasteiger partial charge in [-0.1, -0.05) is 12.6 Å². The fourth-order valence-electron chi connectivity index (χ4n) is 1.40. The average molecular weight is 263 g/mol. The summed E-state index contributed by atoms with van der Waals surface area (Å²) >= 11 is 0. The Morgan fingerprint density at radius 2 is 1.95 bits per heavy atom. The molecule has 0 aromatic carbocycles. The Morgan fingerprint density at radius 3 is 2.42 bits per heavy atom. The highest BCUT2D eigenvalue weighted by Crippen LogP contribution is 2.24. The molecule has 0 radical (unpaired) electrons. The fraction of sp³-hybridized carbons (Fsp3) is 0.357. The number of pyridine rings is 1. The summed E-state index contributed by atoms with van der Waals surface area (Å²) in [5.41, 5.74) is 0.478. The van der Waals surface area contributed by atoms with Crippen molar-refractivity contribution in [3.8, 4) is 0 Å². The van der Waals surface area contributed by atoms with Crippen LogP contribution in [0, 0.1) is 0 Å². The molecule has 0 saturated heterocycles. The van der Waals surface area contributed by atoms with Crippen LogP contribution in [-0.4, -0.2) is 23.0 Å². The number of hydrogen-bond acceptors (Lipinski definition) is 5. The molecular weight excluding hydrogens is 246 g/mol. The van der Waals surface area contributed by atoms with Gasteiger partial charge in [0, 0.05) is 13.1 Å². The molecule has 1 aromatic rings. The minimum absolute atomic E-state index is 0.0441. The minimum Gasteiger partial charge on any atom is -0.460 e. The highest BCUT2D eigenvalue weighted by Gasteiger charge is 2.26. The van der Waals surface area contributed by atoms with Gasteiger partial charge < -0.3 is 9.47 Å². The van der Waals surface area contributed by atoms with Gasteiger partial charge in [-0.05, 0) is 26.0 Å². The largest absolute Gasteiger partial charge is 0.460 e. The van der Waals surface area contributed by atoms with Gasteiger partial charge in [-0.15, -0.1) is 0 Å². The van der Waals surface area contributed by atoms with E-state index in [4.69, 9.17) is 9.47 Å². The Bertz CT molecular complexity index is 468. The van der Waals surface area contributed by atoms with Crippen LogP contribution in [0.4, 0.5) is 0 Å². The van der Waals surface area contributed by atoms with E-state index >= 15 is 0 Å². The van der Waals surface area contributed by atoms with Gasteiger partial charge in [0.05, 0.1) is 17.4 Å². The smallest absolute Gasteiger partial charge is 0.337 e. The van der Waals surface area contributed by atoms with Gasteiger partial charge in [0.15, 0.2) is 6.10 Å². The summed E-state index contributed by atoms with van der Waals surface area (Å²) in [6.07, 6.45) is 0.350. The molecule has 0 amide bonds. The van der Waals surface area contributed by atoms with E-state index in [9.17, 15) is 9.59 Å². The number of carbonyl (C=O) groups excluding carboxylic acids is 2. The van der Waals surface area contributed by atoms with Crippen molar-refractivity contribution in [3.63, 3.8) is 0 Å². The summed E-state index contributed by atoms with van der Waals surface area (Å²) in [7, 11) is 0. The summed E-state index contributed by atoms with van der Waals surface area (Å²) < 4.78 is 10.1. The first-order valence-electron chi connectivity index (χ1n) is 5.89. The molecule has 0 N–H and O–H groups in total. The summed E-state index contributed by atoms with van der Waals surface area (Å²) in [6.45, 7) is 8.36. The molecule has 0 saturated carbocycles. The molecular formula is C14H17NO4. The van der Waals surface area contributed by atoms with Crippen molar-refractivity contribution < 1.29 is 19.1 Å². The second-order valence-corrected chi connectivity index (χ2v) is 4.22. The van der Waals surface area contributed by atoms with Crippen molar-refractivity contribution in [1.82, 2.24) is 4.98 Å². The third kappa shape index (κ3) is 4.54. The molecule has 0 fully saturated rings. The summed E-state index contributed by atoms with van der Waals surface area (Å²) in [4.78, 5) is 27.0. The molecule has 0 aliphatic rings. The molecule has 0 aliphatic carbocycles. The summed E-state index contributed by atoms with van der Waals surface area (Å²) in [5.74, 6) is -1.12. The lowest BCUT2D eigenvalue weighted by molar-refractivity contribution is -0.149. The Morgan fingerprint density at radius 1 is 1.26 bits per heavy atom. The van der Waals surface area contributed by atoms with E-state index < -0.39 is 18.0 Å². The predicted molar refractivity (Wildman–Crippen MR) is 69.1 cm³/mol. The van der Waals surface area contributed by atoms with Gasteiger partial charge in [0.1, 0.15) is 0 Å². The zero-order valence-corrected chi connectivity index (χ0v) is 11.3. The van der Waals surface area contributed by atoms with E-state index in [0.717, 1.165) is 0 Å². The molecule has 1 rings (SSSR count). The molecule has 1 heterocycles. The lowest BCUT2D eigenvalue weighted by Crippen LogP contribution is -2.21. The third-order valence-corrected chi connectivity index (χ3v) is 2.16. The lowest BCUT2D eigenvalue weighted by atomic mass is 10.1. The van der Waals surface area contributed by atoms with Gasteiger partial charge in [-0.25, -0.2) is 4.79 Å². The number of ether oxygens (including phenoxy) is 2. The van der Waals surface area contributed by atoms with Gasteiger partial charge in [0.2, 0.25) is 0 Å². The molecule has 5 heteroatoms. The first-order valence-corrected chi connectivity index (χ1v) is 5.89. The van der Waals surface area contributed by atoms with Crippen molar-refractivity contribution in [2.24, 2.45) is 0 Å². The molecule has 1 aromatic heterocycles. The number of esters is 2. The van der Waals surface area contributed by atoms with Crippen molar-refractivity contribution in [2.75, 3.05) is 0 Å². The topological polar surface area (TPSA) is 65.5 Å². The molecule has 19 heavy (non-hydrogen) atoms. The monoisotopic (exact) mass is 263 g/mol. The van der Waals surface area contributed by atoms with Gasteiger partial charge in [-0.2, -0.15) is 0 Å². The summed E-state index contributed by atoms with van der Waals surface area (Å²) in [6, 6.07) is 5.12. The third-order valence-electron chi connectivity index (χ3n) is 2.16. The van der Waals surface area contributed by atoms with Crippen LogP contribution in [0.25, 0.3) is 0 Å². The van der Waals surface area contributed by atoms with Gasteiger partial charge >= 0.3 is 11.9 Å². The molecule has 0 aliphatic heterocycles. The van der Waals surface area contributed by atoms with Crippen LogP contribution in [0.1, 0.15) is 32.6 Å². The average Bonchev–Trinajstić information content (AvgIpc) is 2.35. The van der Waals surface area contributed by atoms with E-state index in [2.05, 4.69) is 11.6 Å². The van der Waals surface area contributed by atoms with Crippen molar-refractivity contribution in [3.05, 3.63) is 42.2 Å². The van der Waals surface area contributed by atoms with Crippen molar-refractivity contribution >= 4 is 11.9 Å². The molecule has 0 spiro atoms. The first kappa shape index (κ1) is 14.9. The molecule has 0 bridgehead atoms. The Balaban J connectivity index is 2.95. The molecule has 5 nitrogen and oxygen atoms in total. The van der Waals surface area contributed by atoms with E-state index in [1.807, 2.05) is 0 Å². The van der Waals surface area contributed by atoms with E-state index in [1.54, 1.807) is 38.2 Å². The molecule has 1 atom stereocenters. The van der Waals surface area contributed by atoms with Crippen LogP contribution < -0.4 is 0 Å². The Hall–Kier alpha value is -2.17. The lowest BCUT2D eigenvalue weighted by Gasteiger charge is -2.18.